The van der Waals surface area contributed by atoms with Gasteiger partial charge in [-0.05, 0) is 26.2 Å². The molecule has 0 unspecified atom stereocenters. The van der Waals surface area contributed by atoms with Crippen LogP contribution < -0.4 is 0 Å². The second kappa shape index (κ2) is 47.7. The maximum atomic E-state index is 12.8. The topological polar surface area (TPSA) is 250 Å². The molecule has 0 spiro atoms. The molecular weight excluding hydrogens is 632 g/mol. The van der Waals surface area contributed by atoms with Crippen LogP contribution in [0.1, 0.15) is 166 Å². The van der Waals surface area contributed by atoms with Crippen molar-refractivity contribution in [2.75, 3.05) is 6.61 Å². The molecule has 14 heteroatoms. The highest BCUT2D eigenvalue weighted by Gasteiger charge is 2.38. The van der Waals surface area contributed by atoms with Crippen LogP contribution in [0.25, 0.3) is 0 Å². The van der Waals surface area contributed by atoms with Gasteiger partial charge in [0.2, 0.25) is 0 Å². The van der Waals surface area contributed by atoms with E-state index in [0.29, 0.717) is 6.61 Å². The highest BCUT2D eigenvalue weighted by atomic mass is 16.5. The molecular formula is C34H68O14. The van der Waals surface area contributed by atoms with Gasteiger partial charge in [-0.25, -0.2) is 0 Å². The molecule has 0 aromatic heterocycles. The molecule has 0 radical (unpaired) electrons. The van der Waals surface area contributed by atoms with E-state index >= 15 is 0 Å². The lowest BCUT2D eigenvalue weighted by Crippen LogP contribution is -2.33. The van der Waals surface area contributed by atoms with E-state index in [4.69, 9.17) is 64.1 Å². The molecule has 14 nitrogen and oxygen atoms in total. The summed E-state index contributed by atoms with van der Waals surface area (Å²) in [7, 11) is 0. The van der Waals surface area contributed by atoms with Gasteiger partial charge in [0, 0.05) is 41.5 Å². The van der Waals surface area contributed by atoms with Crippen molar-refractivity contribution in [2.24, 2.45) is 5.41 Å². The second-order valence-corrected chi connectivity index (χ2v) is 10.5. The molecule has 0 aliphatic rings. The molecule has 0 saturated heterocycles. The molecule has 0 aromatic rings. The molecule has 0 heterocycles. The van der Waals surface area contributed by atoms with Crippen LogP contribution in [0, 0.1) is 5.41 Å². The van der Waals surface area contributed by atoms with Crippen molar-refractivity contribution in [3.63, 3.8) is 0 Å². The summed E-state index contributed by atoms with van der Waals surface area (Å²) >= 11 is 0. The third-order valence-electron chi connectivity index (χ3n) is 5.24. The monoisotopic (exact) mass is 700 g/mol. The van der Waals surface area contributed by atoms with Crippen LogP contribution in [0.15, 0.2) is 0 Å². The average Bonchev–Trinajstić information content (AvgIpc) is 2.89. The van der Waals surface area contributed by atoms with Gasteiger partial charge < -0.3 is 35.4 Å². The Morgan fingerprint density at radius 1 is 0.396 bits per heavy atom. The standard InChI is InChI=1S/C22H44O2.6C2H4O2/c1-5-9-12-15-18-22(21(23)24-8-4,19-16-13-10-6-2)20-17-14-11-7-3;6*1-2(3)4/h5-20H2,1-4H3;6*1H3,(H,3,4). The fourth-order valence-electron chi connectivity index (χ4n) is 3.64. The zero-order valence-electron chi connectivity index (χ0n) is 31.3. The van der Waals surface area contributed by atoms with Crippen LogP contribution in [-0.4, -0.2) is 79.0 Å². The van der Waals surface area contributed by atoms with Crippen molar-refractivity contribution < 1.29 is 68.9 Å². The Morgan fingerprint density at radius 2 is 0.583 bits per heavy atom. The van der Waals surface area contributed by atoms with E-state index < -0.39 is 35.8 Å². The number of ether oxygens (including phenoxy) is 1. The largest absolute Gasteiger partial charge is 0.481 e. The Kier molecular flexibility index (Phi) is 59.3. The number of carbonyl (C=O) groups excluding carboxylic acids is 1. The average molecular weight is 701 g/mol. The molecule has 0 saturated carbocycles. The van der Waals surface area contributed by atoms with E-state index in [1.807, 2.05) is 6.92 Å². The smallest absolute Gasteiger partial charge is 0.312 e. The first kappa shape index (κ1) is 59.7. The summed E-state index contributed by atoms with van der Waals surface area (Å²) in [5, 5.41) is 44.5. The van der Waals surface area contributed by atoms with Crippen molar-refractivity contribution >= 4 is 41.8 Å². The SMILES string of the molecule is CC(=O)O.CC(=O)O.CC(=O)O.CC(=O)O.CC(=O)O.CC(=O)O.CCCCCCC(CCCCCC)(CCCCCC)C(=O)OCC. The Hall–Kier alpha value is -3.71. The Balaban J connectivity index is -0.000000112. The van der Waals surface area contributed by atoms with Gasteiger partial charge in [-0.3, -0.25) is 33.6 Å². The number of hydrogen-bond acceptors (Lipinski definition) is 8. The van der Waals surface area contributed by atoms with Gasteiger partial charge in [0.1, 0.15) is 0 Å². The Labute approximate surface area is 288 Å². The first-order chi connectivity index (χ1) is 22.1. The van der Waals surface area contributed by atoms with Gasteiger partial charge in [0.05, 0.1) is 12.0 Å². The minimum absolute atomic E-state index is 0.0921. The van der Waals surface area contributed by atoms with Crippen LogP contribution in [0.3, 0.4) is 0 Å². The molecule has 0 aliphatic heterocycles. The molecule has 0 aliphatic carbocycles. The quantitative estimate of drug-likeness (QED) is 0.0621. The summed E-state index contributed by atoms with van der Waals surface area (Å²) in [5.74, 6) is -4.91. The van der Waals surface area contributed by atoms with Gasteiger partial charge in [0.15, 0.2) is 0 Å². The summed E-state index contributed by atoms with van der Waals surface area (Å²) in [6.45, 7) is 15.7. The van der Waals surface area contributed by atoms with E-state index in [-0.39, 0.29) is 11.4 Å². The number of rotatable bonds is 17. The van der Waals surface area contributed by atoms with E-state index in [1.165, 1.54) is 77.0 Å². The number of carbonyl (C=O) groups is 7. The zero-order chi connectivity index (χ0) is 39.6. The third kappa shape index (κ3) is 104. The first-order valence-corrected chi connectivity index (χ1v) is 16.4. The van der Waals surface area contributed by atoms with Crippen LogP contribution in [0.2, 0.25) is 0 Å². The Morgan fingerprint density at radius 3 is 0.729 bits per heavy atom. The fourth-order valence-corrected chi connectivity index (χ4v) is 3.64. The van der Waals surface area contributed by atoms with Crippen molar-refractivity contribution in [3.05, 3.63) is 0 Å². The second-order valence-electron chi connectivity index (χ2n) is 10.5. The number of carboxylic acids is 6. The minimum Gasteiger partial charge on any atom is -0.481 e. The number of unbranched alkanes of at least 4 members (excludes halogenated alkanes) is 9. The molecule has 0 bridgehead atoms. The molecule has 0 atom stereocenters. The molecule has 0 rings (SSSR count). The normalized spacial score (nSPS) is 8.96. The van der Waals surface area contributed by atoms with Gasteiger partial charge in [-0.15, -0.1) is 0 Å². The van der Waals surface area contributed by atoms with E-state index in [2.05, 4.69) is 20.8 Å². The molecule has 288 valence electrons. The molecule has 0 aromatic carbocycles. The number of aliphatic carboxylic acids is 6. The van der Waals surface area contributed by atoms with E-state index in [0.717, 1.165) is 60.8 Å². The Bertz CT molecular complexity index is 646. The fraction of sp³-hybridized carbons (Fsp3) is 0.794. The van der Waals surface area contributed by atoms with Crippen LogP contribution in [-0.2, 0) is 38.3 Å². The lowest BCUT2D eigenvalue weighted by molar-refractivity contribution is -0.157. The summed E-state index contributed by atoms with van der Waals surface area (Å²) in [5.41, 5.74) is -0.203. The predicted molar refractivity (Wildman–Crippen MR) is 185 cm³/mol. The van der Waals surface area contributed by atoms with Crippen LogP contribution in [0.5, 0.6) is 0 Å². The minimum atomic E-state index is -0.833. The van der Waals surface area contributed by atoms with Gasteiger partial charge >= 0.3 is 5.97 Å². The van der Waals surface area contributed by atoms with E-state index in [1.54, 1.807) is 0 Å². The van der Waals surface area contributed by atoms with Gasteiger partial charge in [-0.1, -0.05) is 97.8 Å². The molecule has 0 amide bonds. The zero-order valence-corrected chi connectivity index (χ0v) is 31.3. The summed E-state index contributed by atoms with van der Waals surface area (Å²) in [6.07, 6.45) is 18.0. The first-order valence-electron chi connectivity index (χ1n) is 16.4. The number of hydrogen-bond donors (Lipinski definition) is 6. The predicted octanol–water partition coefficient (Wildman–Crippen LogP) is 7.99. The van der Waals surface area contributed by atoms with Crippen molar-refractivity contribution in [2.45, 2.75) is 166 Å². The third-order valence-corrected chi connectivity index (χ3v) is 5.24. The van der Waals surface area contributed by atoms with E-state index in [9.17, 15) is 4.79 Å². The van der Waals surface area contributed by atoms with Gasteiger partial charge in [0.25, 0.3) is 35.8 Å². The maximum absolute atomic E-state index is 12.8. The van der Waals surface area contributed by atoms with Crippen molar-refractivity contribution in [1.82, 2.24) is 0 Å². The molecule has 6 N–H and O–H groups in total. The summed E-state index contributed by atoms with van der Waals surface area (Å²) in [6, 6.07) is 0. The van der Waals surface area contributed by atoms with Crippen LogP contribution in [0.4, 0.5) is 0 Å². The van der Waals surface area contributed by atoms with Crippen LogP contribution >= 0.6 is 0 Å². The summed E-state index contributed by atoms with van der Waals surface area (Å²) in [4.78, 5) is 66.8. The molecule has 0 fully saturated rings. The number of esters is 1. The highest BCUT2D eigenvalue weighted by Crippen LogP contribution is 2.39. The lowest BCUT2D eigenvalue weighted by Gasteiger charge is -2.32. The van der Waals surface area contributed by atoms with Gasteiger partial charge in [-0.2, -0.15) is 0 Å². The highest BCUT2D eigenvalue weighted by molar-refractivity contribution is 5.76. The molecule has 48 heavy (non-hydrogen) atoms. The summed E-state index contributed by atoms with van der Waals surface area (Å²) < 4.78 is 5.54. The van der Waals surface area contributed by atoms with Crippen molar-refractivity contribution in [3.8, 4) is 0 Å². The maximum Gasteiger partial charge on any atom is 0.312 e. The van der Waals surface area contributed by atoms with Crippen molar-refractivity contribution in [1.29, 1.82) is 0 Å². The number of carboxylic acid groups (broad SMARTS) is 6. The lowest BCUT2D eigenvalue weighted by atomic mass is 9.74.